The van der Waals surface area contributed by atoms with Gasteiger partial charge < -0.3 is 14.9 Å². The molecule has 3 rings (SSSR count). The predicted octanol–water partition coefficient (Wildman–Crippen LogP) is 2.97. The van der Waals surface area contributed by atoms with Crippen LogP contribution in [0.15, 0.2) is 60.7 Å². The molecule has 1 fully saturated rings. The van der Waals surface area contributed by atoms with Crippen LogP contribution in [-0.2, 0) is 11.2 Å². The molecular weight excluding hydrogens is 324 g/mol. The van der Waals surface area contributed by atoms with Crippen molar-refractivity contribution >= 4 is 11.6 Å². The summed E-state index contributed by atoms with van der Waals surface area (Å²) in [4.78, 5) is 16.5. The lowest BCUT2D eigenvalue weighted by Crippen LogP contribution is -2.45. The van der Waals surface area contributed by atoms with Crippen molar-refractivity contribution in [2.45, 2.75) is 25.4 Å². The first-order chi connectivity index (χ1) is 12.6. The van der Waals surface area contributed by atoms with Crippen molar-refractivity contribution < 1.29 is 9.90 Å². The molecule has 0 radical (unpaired) electrons. The summed E-state index contributed by atoms with van der Waals surface area (Å²) in [6.07, 6.45) is 2.10. The zero-order chi connectivity index (χ0) is 18.4. The number of carbonyl (C=O) groups is 1. The summed E-state index contributed by atoms with van der Waals surface area (Å²) < 4.78 is 0. The third-order valence-electron chi connectivity index (χ3n) is 5.29. The summed E-state index contributed by atoms with van der Waals surface area (Å²) in [5.41, 5.74) is 2.22. The number of para-hydroxylation sites is 1. The average molecular weight is 352 g/mol. The van der Waals surface area contributed by atoms with Gasteiger partial charge in [-0.1, -0.05) is 48.5 Å². The van der Waals surface area contributed by atoms with Crippen LogP contribution < -0.4 is 4.90 Å². The van der Waals surface area contributed by atoms with Crippen LogP contribution >= 0.6 is 0 Å². The Labute approximate surface area is 156 Å². The minimum atomic E-state index is -0.332. The van der Waals surface area contributed by atoms with Crippen molar-refractivity contribution in [3.8, 4) is 0 Å². The van der Waals surface area contributed by atoms with E-state index in [2.05, 4.69) is 12.1 Å². The van der Waals surface area contributed by atoms with Gasteiger partial charge in [0.05, 0.1) is 12.6 Å². The molecule has 1 amide bonds. The number of carbonyl (C=O) groups excluding carboxylic acids is 1. The molecule has 1 atom stereocenters. The Morgan fingerprint density at radius 2 is 1.65 bits per heavy atom. The fourth-order valence-corrected chi connectivity index (χ4v) is 3.63. The third kappa shape index (κ3) is 4.85. The molecule has 0 bridgehead atoms. The molecule has 2 aromatic rings. The molecule has 0 aromatic heterocycles. The Bertz CT molecular complexity index is 682. The zero-order valence-electron chi connectivity index (χ0n) is 15.4. The van der Waals surface area contributed by atoms with Gasteiger partial charge >= 0.3 is 0 Å². The highest BCUT2D eigenvalue weighted by Crippen LogP contribution is 2.23. The summed E-state index contributed by atoms with van der Waals surface area (Å²) in [6, 6.07) is 20.1. The van der Waals surface area contributed by atoms with Crippen LogP contribution in [0.25, 0.3) is 0 Å². The van der Waals surface area contributed by atoms with E-state index in [1.807, 2.05) is 65.4 Å². The lowest BCUT2D eigenvalue weighted by atomic mass is 9.88. The number of aliphatic hydroxyl groups excluding tert-OH is 1. The maximum atomic E-state index is 12.6. The van der Waals surface area contributed by atoms with Gasteiger partial charge in [0.1, 0.15) is 0 Å². The van der Waals surface area contributed by atoms with Crippen LogP contribution in [0.2, 0.25) is 0 Å². The van der Waals surface area contributed by atoms with E-state index in [4.69, 9.17) is 0 Å². The minimum Gasteiger partial charge on any atom is -0.392 e. The number of likely N-dealkylation sites (tertiary alicyclic amines) is 1. The predicted molar refractivity (Wildman–Crippen MR) is 105 cm³/mol. The normalized spacial score (nSPS) is 16.3. The first-order valence-corrected chi connectivity index (χ1v) is 9.39. The molecule has 1 unspecified atom stereocenters. The third-order valence-corrected chi connectivity index (χ3v) is 5.29. The molecule has 4 nitrogen and oxygen atoms in total. The van der Waals surface area contributed by atoms with E-state index in [0.29, 0.717) is 13.0 Å². The number of hydrogen-bond donors (Lipinski definition) is 1. The van der Waals surface area contributed by atoms with Gasteiger partial charge in [0.15, 0.2) is 0 Å². The van der Waals surface area contributed by atoms with Crippen LogP contribution in [0.4, 0.5) is 5.69 Å². The van der Waals surface area contributed by atoms with Crippen molar-refractivity contribution in [3.63, 3.8) is 0 Å². The van der Waals surface area contributed by atoms with E-state index in [-0.39, 0.29) is 17.9 Å². The average Bonchev–Trinajstić information content (AvgIpc) is 2.69. The second-order valence-electron chi connectivity index (χ2n) is 7.17. The molecule has 1 aliphatic heterocycles. The summed E-state index contributed by atoms with van der Waals surface area (Å²) >= 11 is 0. The monoisotopic (exact) mass is 352 g/mol. The number of hydrogen-bond acceptors (Lipinski definition) is 3. The van der Waals surface area contributed by atoms with Gasteiger partial charge in [-0.05, 0) is 42.9 Å². The van der Waals surface area contributed by atoms with Crippen LogP contribution in [0, 0.1) is 5.92 Å². The van der Waals surface area contributed by atoms with E-state index in [1.165, 1.54) is 5.56 Å². The molecule has 0 saturated carbocycles. The lowest BCUT2D eigenvalue weighted by Gasteiger charge is -2.35. The number of likely N-dealkylation sites (N-methyl/N-ethyl adjacent to an activating group) is 1. The molecule has 4 heteroatoms. The highest BCUT2D eigenvalue weighted by molar-refractivity contribution is 5.81. The number of aliphatic hydroxyl groups is 1. The molecule has 1 N–H and O–H groups in total. The first kappa shape index (κ1) is 18.5. The maximum Gasteiger partial charge on any atom is 0.242 e. The number of piperidine rings is 1. The molecule has 2 aromatic carbocycles. The largest absolute Gasteiger partial charge is 0.392 e. The second kappa shape index (κ2) is 8.86. The van der Waals surface area contributed by atoms with Crippen LogP contribution in [0.5, 0.6) is 0 Å². The van der Waals surface area contributed by atoms with Crippen molar-refractivity contribution in [1.82, 2.24) is 4.90 Å². The van der Waals surface area contributed by atoms with Crippen molar-refractivity contribution in [3.05, 3.63) is 66.2 Å². The van der Waals surface area contributed by atoms with Gasteiger partial charge in [-0.15, -0.1) is 0 Å². The number of nitrogens with zero attached hydrogens (tertiary/aromatic N) is 2. The van der Waals surface area contributed by atoms with Crippen molar-refractivity contribution in [1.29, 1.82) is 0 Å². The summed E-state index contributed by atoms with van der Waals surface area (Å²) in [6.45, 7) is 1.86. The van der Waals surface area contributed by atoms with E-state index < -0.39 is 0 Å². The molecule has 1 heterocycles. The molecule has 1 saturated heterocycles. The van der Waals surface area contributed by atoms with Gasteiger partial charge in [-0.3, -0.25) is 4.79 Å². The standard InChI is InChI=1S/C22H28N2O2/c1-23(20-10-6-3-7-11-20)17-22(26)24-14-12-19(13-15-24)21(25)16-18-8-4-2-5-9-18/h2-11,19,21,25H,12-17H2,1H3. The van der Waals surface area contributed by atoms with Gasteiger partial charge in [-0.2, -0.15) is 0 Å². The van der Waals surface area contributed by atoms with E-state index in [0.717, 1.165) is 31.6 Å². The maximum absolute atomic E-state index is 12.6. The number of anilines is 1. The molecule has 26 heavy (non-hydrogen) atoms. The van der Waals surface area contributed by atoms with Crippen molar-refractivity contribution in [2.24, 2.45) is 5.92 Å². The minimum absolute atomic E-state index is 0.160. The fourth-order valence-electron chi connectivity index (χ4n) is 3.63. The Morgan fingerprint density at radius 1 is 1.08 bits per heavy atom. The zero-order valence-corrected chi connectivity index (χ0v) is 15.4. The van der Waals surface area contributed by atoms with Gasteiger partial charge in [0.25, 0.3) is 0 Å². The van der Waals surface area contributed by atoms with E-state index >= 15 is 0 Å². The highest BCUT2D eigenvalue weighted by atomic mass is 16.3. The summed E-state index contributed by atoms with van der Waals surface area (Å²) in [7, 11) is 1.95. The molecule has 0 aliphatic carbocycles. The number of amides is 1. The smallest absolute Gasteiger partial charge is 0.242 e. The Morgan fingerprint density at radius 3 is 2.27 bits per heavy atom. The molecule has 1 aliphatic rings. The second-order valence-corrected chi connectivity index (χ2v) is 7.17. The summed E-state index contributed by atoms with van der Waals surface area (Å²) in [5, 5.41) is 10.5. The number of benzene rings is 2. The summed E-state index contributed by atoms with van der Waals surface area (Å²) in [5.74, 6) is 0.429. The Balaban J connectivity index is 1.46. The Hall–Kier alpha value is -2.33. The highest BCUT2D eigenvalue weighted by Gasteiger charge is 2.27. The topological polar surface area (TPSA) is 43.8 Å². The first-order valence-electron chi connectivity index (χ1n) is 9.39. The van der Waals surface area contributed by atoms with Crippen LogP contribution in [0.1, 0.15) is 18.4 Å². The molecular formula is C22H28N2O2. The van der Waals surface area contributed by atoms with E-state index in [9.17, 15) is 9.90 Å². The van der Waals surface area contributed by atoms with Gasteiger partial charge in [0, 0.05) is 25.8 Å². The lowest BCUT2D eigenvalue weighted by molar-refractivity contribution is -0.131. The molecule has 138 valence electrons. The number of rotatable bonds is 6. The molecule has 0 spiro atoms. The van der Waals surface area contributed by atoms with Crippen LogP contribution in [-0.4, -0.2) is 48.7 Å². The van der Waals surface area contributed by atoms with Crippen LogP contribution in [0.3, 0.4) is 0 Å². The van der Waals surface area contributed by atoms with Gasteiger partial charge in [-0.25, -0.2) is 0 Å². The van der Waals surface area contributed by atoms with Gasteiger partial charge in [0.2, 0.25) is 5.91 Å². The fraction of sp³-hybridized carbons (Fsp3) is 0.409. The quantitative estimate of drug-likeness (QED) is 0.869. The van der Waals surface area contributed by atoms with E-state index in [1.54, 1.807) is 0 Å². The SMILES string of the molecule is CN(CC(=O)N1CCC(C(O)Cc2ccccc2)CC1)c1ccccc1. The van der Waals surface area contributed by atoms with Crippen molar-refractivity contribution in [2.75, 3.05) is 31.6 Å². The Kier molecular flexibility index (Phi) is 6.29.